The third-order valence-electron chi connectivity index (χ3n) is 4.81. The number of aliphatic hydroxyl groups excluding tert-OH is 2. The summed E-state index contributed by atoms with van der Waals surface area (Å²) in [5.74, 6) is -0.0709. The standard InChI is InChI=1S/C20H24N2O3/c1-21(11-12-23)18-13-22(14-19(18)24)20(25)17-10-6-5-9-16(17)15-7-3-2-4-8-15/h2-10,18-19,23-24H,11-14H2,1H3/t18-,19-/m1/s1. The van der Waals surface area contributed by atoms with E-state index in [0.29, 0.717) is 25.2 Å². The fraction of sp³-hybridized carbons (Fsp3) is 0.350. The molecule has 0 aliphatic carbocycles. The van der Waals surface area contributed by atoms with Crippen molar-refractivity contribution in [1.82, 2.24) is 9.80 Å². The third-order valence-corrected chi connectivity index (χ3v) is 4.81. The van der Waals surface area contributed by atoms with Gasteiger partial charge in [-0.3, -0.25) is 9.69 Å². The number of hydrogen-bond donors (Lipinski definition) is 2. The molecule has 1 aliphatic heterocycles. The van der Waals surface area contributed by atoms with Crippen LogP contribution in [0.3, 0.4) is 0 Å². The van der Waals surface area contributed by atoms with E-state index in [2.05, 4.69) is 0 Å². The maximum absolute atomic E-state index is 13.1. The summed E-state index contributed by atoms with van der Waals surface area (Å²) in [5, 5.41) is 19.4. The Hall–Kier alpha value is -2.21. The lowest BCUT2D eigenvalue weighted by atomic mass is 9.99. The van der Waals surface area contributed by atoms with Crippen molar-refractivity contribution in [3.8, 4) is 11.1 Å². The van der Waals surface area contributed by atoms with Crippen molar-refractivity contribution < 1.29 is 15.0 Å². The van der Waals surface area contributed by atoms with E-state index in [4.69, 9.17) is 5.11 Å². The van der Waals surface area contributed by atoms with Gasteiger partial charge >= 0.3 is 0 Å². The summed E-state index contributed by atoms with van der Waals surface area (Å²) < 4.78 is 0. The first-order chi connectivity index (χ1) is 12.1. The van der Waals surface area contributed by atoms with E-state index in [0.717, 1.165) is 11.1 Å². The van der Waals surface area contributed by atoms with Crippen LogP contribution >= 0.6 is 0 Å². The monoisotopic (exact) mass is 340 g/mol. The van der Waals surface area contributed by atoms with Gasteiger partial charge in [-0.15, -0.1) is 0 Å². The van der Waals surface area contributed by atoms with Crippen LogP contribution in [0.4, 0.5) is 0 Å². The lowest BCUT2D eigenvalue weighted by molar-refractivity contribution is 0.0762. The number of benzene rings is 2. The zero-order valence-electron chi connectivity index (χ0n) is 14.4. The van der Waals surface area contributed by atoms with Crippen LogP contribution < -0.4 is 0 Å². The molecule has 1 amide bonds. The molecule has 0 radical (unpaired) electrons. The average Bonchev–Trinajstić information content (AvgIpc) is 3.04. The van der Waals surface area contributed by atoms with Crippen molar-refractivity contribution in [2.75, 3.05) is 33.3 Å². The smallest absolute Gasteiger partial charge is 0.254 e. The molecule has 0 aromatic heterocycles. The van der Waals surface area contributed by atoms with Gasteiger partial charge in [-0.2, -0.15) is 0 Å². The van der Waals surface area contributed by atoms with Crippen LogP contribution in [0.2, 0.25) is 0 Å². The minimum atomic E-state index is -0.607. The van der Waals surface area contributed by atoms with E-state index in [1.54, 1.807) is 4.90 Å². The van der Waals surface area contributed by atoms with E-state index in [1.807, 2.05) is 66.5 Å². The normalized spacial score (nSPS) is 20.2. The molecule has 3 rings (SSSR count). The van der Waals surface area contributed by atoms with E-state index in [1.165, 1.54) is 0 Å². The molecule has 0 spiro atoms. The minimum Gasteiger partial charge on any atom is -0.395 e. The number of rotatable bonds is 5. The molecule has 5 heteroatoms. The summed E-state index contributed by atoms with van der Waals surface area (Å²) in [6.45, 7) is 1.27. The van der Waals surface area contributed by atoms with Crippen LogP contribution in [0, 0.1) is 0 Å². The number of nitrogens with zero attached hydrogens (tertiary/aromatic N) is 2. The van der Waals surface area contributed by atoms with Crippen LogP contribution in [0.25, 0.3) is 11.1 Å². The molecule has 1 fully saturated rings. The number of hydrogen-bond acceptors (Lipinski definition) is 4. The summed E-state index contributed by atoms with van der Waals surface area (Å²) >= 11 is 0. The van der Waals surface area contributed by atoms with Gasteiger partial charge in [0.05, 0.1) is 18.8 Å². The summed E-state index contributed by atoms with van der Waals surface area (Å²) in [5.41, 5.74) is 2.54. The van der Waals surface area contributed by atoms with Crippen molar-refractivity contribution in [2.45, 2.75) is 12.1 Å². The van der Waals surface area contributed by atoms with Crippen molar-refractivity contribution in [1.29, 1.82) is 0 Å². The fourth-order valence-electron chi connectivity index (χ4n) is 3.40. The topological polar surface area (TPSA) is 64.0 Å². The van der Waals surface area contributed by atoms with Crippen molar-refractivity contribution >= 4 is 5.91 Å². The molecular formula is C20H24N2O3. The largest absolute Gasteiger partial charge is 0.395 e. The molecule has 2 aromatic carbocycles. The molecule has 0 bridgehead atoms. The summed E-state index contributed by atoms with van der Waals surface area (Å²) in [4.78, 5) is 16.7. The van der Waals surface area contributed by atoms with Crippen LogP contribution in [0.5, 0.6) is 0 Å². The molecule has 0 saturated carbocycles. The van der Waals surface area contributed by atoms with Gasteiger partial charge in [0.2, 0.25) is 0 Å². The highest BCUT2D eigenvalue weighted by molar-refractivity contribution is 6.01. The highest BCUT2D eigenvalue weighted by Gasteiger charge is 2.36. The van der Waals surface area contributed by atoms with Gasteiger partial charge in [-0.25, -0.2) is 0 Å². The number of likely N-dealkylation sites (tertiary alicyclic amines) is 1. The van der Waals surface area contributed by atoms with Gasteiger partial charge in [0.25, 0.3) is 5.91 Å². The number of carbonyl (C=O) groups excluding carboxylic acids is 1. The summed E-state index contributed by atoms with van der Waals surface area (Å²) in [6, 6.07) is 17.3. The Bertz CT molecular complexity index is 720. The lowest BCUT2D eigenvalue weighted by Crippen LogP contribution is -2.42. The van der Waals surface area contributed by atoms with E-state index in [-0.39, 0.29) is 18.6 Å². The molecule has 2 N–H and O–H groups in total. The Morgan fingerprint density at radius 3 is 2.52 bits per heavy atom. The Labute approximate surface area is 148 Å². The van der Waals surface area contributed by atoms with Crippen molar-refractivity contribution in [3.63, 3.8) is 0 Å². The Morgan fingerprint density at radius 1 is 1.12 bits per heavy atom. The third kappa shape index (κ3) is 3.74. The molecule has 25 heavy (non-hydrogen) atoms. The van der Waals surface area contributed by atoms with Gasteiger partial charge in [0, 0.05) is 25.2 Å². The summed E-state index contributed by atoms with van der Waals surface area (Å²) in [7, 11) is 1.86. The summed E-state index contributed by atoms with van der Waals surface area (Å²) in [6.07, 6.45) is -0.607. The molecule has 0 unspecified atom stereocenters. The lowest BCUT2D eigenvalue weighted by Gasteiger charge is -2.25. The maximum Gasteiger partial charge on any atom is 0.254 e. The average molecular weight is 340 g/mol. The number of β-amino-alcohol motifs (C(OH)–C–C–N with tert-alkyl or cyclic N) is 1. The SMILES string of the molecule is CN(CCO)[C@@H]1CN(C(=O)c2ccccc2-c2ccccc2)C[C@H]1O. The number of likely N-dealkylation sites (N-methyl/N-ethyl adjacent to an activating group) is 1. The zero-order chi connectivity index (χ0) is 17.8. The molecule has 1 aliphatic rings. The Balaban J connectivity index is 1.83. The first-order valence-corrected chi connectivity index (χ1v) is 8.54. The second kappa shape index (κ2) is 7.78. The van der Waals surface area contributed by atoms with E-state index >= 15 is 0 Å². The highest BCUT2D eigenvalue weighted by atomic mass is 16.3. The van der Waals surface area contributed by atoms with Gasteiger partial charge < -0.3 is 15.1 Å². The van der Waals surface area contributed by atoms with Crippen LogP contribution in [0.15, 0.2) is 54.6 Å². The second-order valence-electron chi connectivity index (χ2n) is 6.46. The first kappa shape index (κ1) is 17.6. The van der Waals surface area contributed by atoms with Crippen molar-refractivity contribution in [3.05, 3.63) is 60.2 Å². The van der Waals surface area contributed by atoms with Crippen LogP contribution in [-0.4, -0.2) is 71.4 Å². The van der Waals surface area contributed by atoms with Crippen LogP contribution in [-0.2, 0) is 0 Å². The Morgan fingerprint density at radius 2 is 1.80 bits per heavy atom. The molecular weight excluding hydrogens is 316 g/mol. The Kier molecular flexibility index (Phi) is 5.48. The predicted molar refractivity (Wildman–Crippen MR) is 97.3 cm³/mol. The quantitative estimate of drug-likeness (QED) is 0.865. The maximum atomic E-state index is 13.1. The molecule has 132 valence electrons. The van der Waals surface area contributed by atoms with Crippen LogP contribution in [0.1, 0.15) is 10.4 Å². The molecule has 1 saturated heterocycles. The second-order valence-corrected chi connectivity index (χ2v) is 6.46. The number of aliphatic hydroxyl groups is 2. The van der Waals surface area contributed by atoms with E-state index < -0.39 is 6.10 Å². The molecule has 5 nitrogen and oxygen atoms in total. The molecule has 1 heterocycles. The molecule has 2 aromatic rings. The fourth-order valence-corrected chi connectivity index (χ4v) is 3.40. The zero-order valence-corrected chi connectivity index (χ0v) is 14.4. The van der Waals surface area contributed by atoms with E-state index in [9.17, 15) is 9.90 Å². The number of carbonyl (C=O) groups is 1. The van der Waals surface area contributed by atoms with Gasteiger partial charge in [-0.05, 0) is 24.2 Å². The van der Waals surface area contributed by atoms with Gasteiger partial charge in [0.15, 0.2) is 0 Å². The minimum absolute atomic E-state index is 0.0322. The predicted octanol–water partition coefficient (Wildman–Crippen LogP) is 1.46. The van der Waals surface area contributed by atoms with Gasteiger partial charge in [-0.1, -0.05) is 48.5 Å². The van der Waals surface area contributed by atoms with Gasteiger partial charge in [0.1, 0.15) is 0 Å². The first-order valence-electron chi connectivity index (χ1n) is 8.54. The highest BCUT2D eigenvalue weighted by Crippen LogP contribution is 2.26. The number of amides is 1. The van der Waals surface area contributed by atoms with Crippen molar-refractivity contribution in [2.24, 2.45) is 0 Å². The molecule has 2 atom stereocenters.